The molecule has 0 saturated heterocycles. The van der Waals surface area contributed by atoms with Gasteiger partial charge in [0.25, 0.3) is 0 Å². The van der Waals surface area contributed by atoms with E-state index in [-0.39, 0.29) is 5.82 Å². The van der Waals surface area contributed by atoms with Gasteiger partial charge in [0.15, 0.2) is 11.5 Å². The van der Waals surface area contributed by atoms with Gasteiger partial charge in [0, 0.05) is 5.56 Å². The average Bonchev–Trinajstić information content (AvgIpc) is 2.89. The second-order valence-corrected chi connectivity index (χ2v) is 4.39. The van der Waals surface area contributed by atoms with Crippen LogP contribution in [0.4, 0.5) is 13.2 Å². The van der Waals surface area contributed by atoms with Gasteiger partial charge in [-0.2, -0.15) is 13.2 Å². The summed E-state index contributed by atoms with van der Waals surface area (Å²) < 4.78 is 44.7. The summed E-state index contributed by atoms with van der Waals surface area (Å²) in [6.07, 6.45) is -2.78. The molecule has 2 aromatic heterocycles. The number of hydrogen-bond donors (Lipinski definition) is 0. The van der Waals surface area contributed by atoms with E-state index in [1.165, 1.54) is 17.7 Å². The first-order valence-corrected chi connectivity index (χ1v) is 6.05. The van der Waals surface area contributed by atoms with Gasteiger partial charge >= 0.3 is 6.18 Å². The third-order valence-corrected chi connectivity index (χ3v) is 2.99. The van der Waals surface area contributed by atoms with E-state index in [0.29, 0.717) is 17.0 Å². The second-order valence-electron chi connectivity index (χ2n) is 4.39. The lowest BCUT2D eigenvalue weighted by molar-refractivity contribution is -0.137. The second kappa shape index (κ2) is 4.76. The topological polar surface area (TPSA) is 39.4 Å². The largest absolute Gasteiger partial charge is 0.495 e. The Bertz CT molecular complexity index is 796. The molecule has 108 valence electrons. The van der Waals surface area contributed by atoms with Crippen molar-refractivity contribution < 1.29 is 17.9 Å². The Morgan fingerprint density at radius 3 is 2.67 bits per heavy atom. The van der Waals surface area contributed by atoms with Crippen LogP contribution in [0.3, 0.4) is 0 Å². The lowest BCUT2D eigenvalue weighted by Crippen LogP contribution is -2.04. The predicted molar refractivity (Wildman–Crippen MR) is 70.0 cm³/mol. The molecular formula is C14H10F3N3O. The highest BCUT2D eigenvalue weighted by Gasteiger charge is 2.30. The third-order valence-electron chi connectivity index (χ3n) is 2.99. The first-order valence-electron chi connectivity index (χ1n) is 6.05. The molecule has 0 atom stereocenters. The average molecular weight is 293 g/mol. The van der Waals surface area contributed by atoms with Gasteiger partial charge in [0.2, 0.25) is 0 Å². The van der Waals surface area contributed by atoms with Gasteiger partial charge in [0.1, 0.15) is 5.75 Å². The molecule has 0 aliphatic carbocycles. The summed E-state index contributed by atoms with van der Waals surface area (Å²) in [5, 5.41) is 4.17. The summed E-state index contributed by atoms with van der Waals surface area (Å²) >= 11 is 0. The first kappa shape index (κ1) is 13.4. The van der Waals surface area contributed by atoms with Crippen LogP contribution in [-0.4, -0.2) is 21.7 Å². The quantitative estimate of drug-likeness (QED) is 0.726. The molecule has 0 aliphatic heterocycles. The molecule has 4 nitrogen and oxygen atoms in total. The monoisotopic (exact) mass is 293 g/mol. The zero-order chi connectivity index (χ0) is 15.0. The molecule has 0 amide bonds. The van der Waals surface area contributed by atoms with E-state index in [0.717, 1.165) is 12.1 Å². The Hall–Kier alpha value is -2.57. The van der Waals surface area contributed by atoms with E-state index in [9.17, 15) is 13.2 Å². The number of fused-ring (bicyclic) bond motifs is 1. The molecule has 1 aromatic carbocycles. The standard InChI is InChI=1S/C14H10F3N3O/c1-21-11-5-6-12-18-13(19-20(12)8-11)9-3-2-4-10(7-9)14(15,16)17/h2-8H,1H3. The van der Waals surface area contributed by atoms with E-state index in [4.69, 9.17) is 4.74 Å². The Morgan fingerprint density at radius 2 is 1.95 bits per heavy atom. The minimum atomic E-state index is -4.39. The predicted octanol–water partition coefficient (Wildman–Crippen LogP) is 3.42. The number of rotatable bonds is 2. The molecule has 0 unspecified atom stereocenters. The van der Waals surface area contributed by atoms with Gasteiger partial charge in [-0.15, -0.1) is 5.10 Å². The summed E-state index contributed by atoms with van der Waals surface area (Å²) in [5.41, 5.74) is 0.118. The molecule has 0 spiro atoms. The number of halogens is 3. The first-order chi connectivity index (χ1) is 9.97. The summed E-state index contributed by atoms with van der Waals surface area (Å²) in [6, 6.07) is 8.32. The molecular weight excluding hydrogens is 283 g/mol. The van der Waals surface area contributed by atoms with Crippen LogP contribution in [0.15, 0.2) is 42.6 Å². The van der Waals surface area contributed by atoms with Gasteiger partial charge in [-0.05, 0) is 24.3 Å². The Kier molecular flexibility index (Phi) is 3.04. The van der Waals surface area contributed by atoms with Crippen molar-refractivity contribution in [2.45, 2.75) is 6.18 Å². The molecule has 21 heavy (non-hydrogen) atoms. The molecule has 0 N–H and O–H groups in total. The fourth-order valence-electron chi connectivity index (χ4n) is 1.94. The maximum Gasteiger partial charge on any atom is 0.416 e. The Morgan fingerprint density at radius 1 is 1.14 bits per heavy atom. The van der Waals surface area contributed by atoms with Crippen molar-refractivity contribution in [2.75, 3.05) is 7.11 Å². The fourth-order valence-corrected chi connectivity index (χ4v) is 1.94. The van der Waals surface area contributed by atoms with Crippen LogP contribution in [-0.2, 0) is 6.18 Å². The molecule has 3 aromatic rings. The summed E-state index contributed by atoms with van der Waals surface area (Å²) in [6.45, 7) is 0. The lowest BCUT2D eigenvalue weighted by atomic mass is 10.1. The van der Waals surface area contributed by atoms with Crippen molar-refractivity contribution in [1.29, 1.82) is 0 Å². The van der Waals surface area contributed by atoms with Gasteiger partial charge in [-0.1, -0.05) is 12.1 Å². The van der Waals surface area contributed by atoms with Crippen LogP contribution in [0.1, 0.15) is 5.56 Å². The lowest BCUT2D eigenvalue weighted by Gasteiger charge is -2.06. The molecule has 3 rings (SSSR count). The fraction of sp³-hybridized carbons (Fsp3) is 0.143. The molecule has 0 aliphatic rings. The van der Waals surface area contributed by atoms with Gasteiger partial charge in [0.05, 0.1) is 18.9 Å². The van der Waals surface area contributed by atoms with Crippen LogP contribution < -0.4 is 4.74 Å². The summed E-state index contributed by atoms with van der Waals surface area (Å²) in [5.74, 6) is 0.817. The number of ether oxygens (including phenoxy) is 1. The third kappa shape index (κ3) is 2.54. The zero-order valence-corrected chi connectivity index (χ0v) is 10.9. The zero-order valence-electron chi connectivity index (χ0n) is 10.9. The minimum Gasteiger partial charge on any atom is -0.495 e. The molecule has 0 saturated carbocycles. The number of methoxy groups -OCH3 is 1. The van der Waals surface area contributed by atoms with Crippen LogP contribution in [0.2, 0.25) is 0 Å². The van der Waals surface area contributed by atoms with Gasteiger partial charge in [-0.3, -0.25) is 0 Å². The SMILES string of the molecule is COc1ccc2nc(-c3cccc(C(F)(F)F)c3)nn2c1. The normalized spacial score (nSPS) is 11.8. The van der Waals surface area contributed by atoms with E-state index in [2.05, 4.69) is 10.1 Å². The highest BCUT2D eigenvalue weighted by atomic mass is 19.4. The Labute approximate surface area is 117 Å². The van der Waals surface area contributed by atoms with Gasteiger partial charge < -0.3 is 4.74 Å². The van der Waals surface area contributed by atoms with Crippen molar-refractivity contribution in [1.82, 2.24) is 14.6 Å². The molecule has 0 radical (unpaired) electrons. The highest BCUT2D eigenvalue weighted by molar-refractivity contribution is 5.59. The molecule has 0 bridgehead atoms. The highest BCUT2D eigenvalue weighted by Crippen LogP contribution is 2.31. The van der Waals surface area contributed by atoms with Crippen LogP contribution in [0.5, 0.6) is 5.75 Å². The number of nitrogens with zero attached hydrogens (tertiary/aromatic N) is 3. The number of aromatic nitrogens is 3. The van der Waals surface area contributed by atoms with E-state index in [1.54, 1.807) is 24.4 Å². The van der Waals surface area contributed by atoms with Crippen LogP contribution in [0, 0.1) is 0 Å². The minimum absolute atomic E-state index is 0.231. The Balaban J connectivity index is 2.08. The molecule has 0 fully saturated rings. The number of alkyl halides is 3. The van der Waals surface area contributed by atoms with Crippen LogP contribution in [0.25, 0.3) is 17.0 Å². The van der Waals surface area contributed by atoms with E-state index >= 15 is 0 Å². The molecule has 2 heterocycles. The number of pyridine rings is 1. The maximum atomic E-state index is 12.7. The van der Waals surface area contributed by atoms with Gasteiger partial charge in [-0.25, -0.2) is 9.50 Å². The van der Waals surface area contributed by atoms with Crippen molar-refractivity contribution in [2.24, 2.45) is 0 Å². The van der Waals surface area contributed by atoms with E-state index in [1.807, 2.05) is 0 Å². The van der Waals surface area contributed by atoms with Crippen molar-refractivity contribution in [3.8, 4) is 17.1 Å². The number of benzene rings is 1. The van der Waals surface area contributed by atoms with E-state index < -0.39 is 11.7 Å². The number of hydrogen-bond acceptors (Lipinski definition) is 3. The van der Waals surface area contributed by atoms with Crippen LogP contribution >= 0.6 is 0 Å². The summed E-state index contributed by atoms with van der Waals surface area (Å²) in [7, 11) is 1.52. The maximum absolute atomic E-state index is 12.7. The van der Waals surface area contributed by atoms with Crippen molar-refractivity contribution in [3.63, 3.8) is 0 Å². The van der Waals surface area contributed by atoms with Crippen molar-refractivity contribution in [3.05, 3.63) is 48.2 Å². The smallest absolute Gasteiger partial charge is 0.416 e. The molecule has 7 heteroatoms. The van der Waals surface area contributed by atoms with Crippen molar-refractivity contribution >= 4 is 5.65 Å². The summed E-state index contributed by atoms with van der Waals surface area (Å²) in [4.78, 5) is 4.21.